The zero-order valence-corrected chi connectivity index (χ0v) is 12.7. The Morgan fingerprint density at radius 3 is 2.47 bits per heavy atom. The zero-order valence-electron chi connectivity index (χ0n) is 11.8. The summed E-state index contributed by atoms with van der Waals surface area (Å²) < 4.78 is 0. The van der Waals surface area contributed by atoms with Gasteiger partial charge in [-0.1, -0.05) is 6.07 Å². The number of hydrogen-bond acceptors (Lipinski definition) is 5. The number of aromatic nitrogens is 2. The molecule has 0 bridgehead atoms. The van der Waals surface area contributed by atoms with Gasteiger partial charge in [-0.05, 0) is 45.5 Å². The molecule has 0 fully saturated rings. The molecule has 2 rings (SSSR count). The van der Waals surface area contributed by atoms with Gasteiger partial charge in [-0.15, -0.1) is 11.3 Å². The molecule has 0 unspecified atom stereocenters. The molecule has 102 valence electrons. The first-order valence-corrected chi connectivity index (χ1v) is 7.20. The molecule has 1 atom stereocenters. The number of rotatable bonds is 5. The van der Waals surface area contributed by atoms with E-state index >= 15 is 0 Å². The maximum Gasteiger partial charge on any atom is 0.223 e. The van der Waals surface area contributed by atoms with Gasteiger partial charge in [0.15, 0.2) is 0 Å². The number of anilines is 1. The SMILES string of the molecule is Cc1cc(C)nc(NC[C@H](c2cccs2)N(C)C)n1. The summed E-state index contributed by atoms with van der Waals surface area (Å²) in [7, 11) is 4.18. The van der Waals surface area contributed by atoms with E-state index in [2.05, 4.69) is 51.8 Å². The third-order valence-corrected chi connectivity index (χ3v) is 3.90. The highest BCUT2D eigenvalue weighted by molar-refractivity contribution is 7.10. The Labute approximate surface area is 118 Å². The fourth-order valence-corrected chi connectivity index (χ4v) is 2.93. The van der Waals surface area contributed by atoms with Gasteiger partial charge in [-0.2, -0.15) is 0 Å². The monoisotopic (exact) mass is 276 g/mol. The van der Waals surface area contributed by atoms with Gasteiger partial charge in [0.1, 0.15) is 0 Å². The van der Waals surface area contributed by atoms with Gasteiger partial charge in [0.2, 0.25) is 5.95 Å². The van der Waals surface area contributed by atoms with Crippen LogP contribution in [0.15, 0.2) is 23.6 Å². The molecule has 0 aliphatic rings. The number of nitrogens with zero attached hydrogens (tertiary/aromatic N) is 3. The van der Waals surface area contributed by atoms with E-state index in [1.165, 1.54) is 4.88 Å². The molecule has 0 saturated carbocycles. The number of nitrogens with one attached hydrogen (secondary N) is 1. The topological polar surface area (TPSA) is 41.1 Å². The normalized spacial score (nSPS) is 12.7. The molecule has 2 heterocycles. The molecule has 5 heteroatoms. The quantitative estimate of drug-likeness (QED) is 0.911. The maximum absolute atomic E-state index is 4.41. The van der Waals surface area contributed by atoms with Crippen LogP contribution < -0.4 is 5.32 Å². The van der Waals surface area contributed by atoms with Gasteiger partial charge in [-0.25, -0.2) is 9.97 Å². The first-order valence-electron chi connectivity index (χ1n) is 6.32. The highest BCUT2D eigenvalue weighted by Gasteiger charge is 2.15. The number of aryl methyl sites for hydroxylation is 2. The lowest BCUT2D eigenvalue weighted by molar-refractivity contribution is 0.316. The second kappa shape index (κ2) is 6.12. The summed E-state index contributed by atoms with van der Waals surface area (Å²) in [5, 5.41) is 5.45. The average Bonchev–Trinajstić information content (AvgIpc) is 2.81. The van der Waals surface area contributed by atoms with Crippen molar-refractivity contribution >= 4 is 17.3 Å². The Morgan fingerprint density at radius 1 is 1.26 bits per heavy atom. The molecule has 0 saturated heterocycles. The van der Waals surface area contributed by atoms with E-state index in [0.717, 1.165) is 17.9 Å². The van der Waals surface area contributed by atoms with Crippen molar-refractivity contribution in [3.63, 3.8) is 0 Å². The zero-order chi connectivity index (χ0) is 13.8. The maximum atomic E-state index is 4.41. The fourth-order valence-electron chi connectivity index (χ4n) is 2.01. The average molecular weight is 276 g/mol. The Balaban J connectivity index is 2.07. The molecule has 2 aromatic rings. The van der Waals surface area contributed by atoms with Crippen LogP contribution in [-0.2, 0) is 0 Å². The Bertz CT molecular complexity index is 502. The van der Waals surface area contributed by atoms with Crippen molar-refractivity contribution < 1.29 is 0 Å². The molecule has 0 radical (unpaired) electrons. The second-order valence-electron chi connectivity index (χ2n) is 4.85. The van der Waals surface area contributed by atoms with E-state index in [9.17, 15) is 0 Å². The molecule has 4 nitrogen and oxygen atoms in total. The molecule has 0 aliphatic carbocycles. The summed E-state index contributed by atoms with van der Waals surface area (Å²) in [4.78, 5) is 12.4. The van der Waals surface area contributed by atoms with Crippen LogP contribution in [0.3, 0.4) is 0 Å². The molecular formula is C14H20N4S. The van der Waals surface area contributed by atoms with E-state index in [4.69, 9.17) is 0 Å². The number of likely N-dealkylation sites (N-methyl/N-ethyl adjacent to an activating group) is 1. The third kappa shape index (κ3) is 3.75. The summed E-state index contributed by atoms with van der Waals surface area (Å²) in [6.07, 6.45) is 0. The molecule has 0 aliphatic heterocycles. The number of thiophene rings is 1. The molecule has 0 spiro atoms. The van der Waals surface area contributed by atoms with Crippen LogP contribution in [0.2, 0.25) is 0 Å². The van der Waals surface area contributed by atoms with Crippen LogP contribution in [0, 0.1) is 13.8 Å². The molecule has 19 heavy (non-hydrogen) atoms. The van der Waals surface area contributed by atoms with Gasteiger partial charge >= 0.3 is 0 Å². The van der Waals surface area contributed by atoms with E-state index in [1.807, 2.05) is 19.9 Å². The number of hydrogen-bond donors (Lipinski definition) is 1. The van der Waals surface area contributed by atoms with Crippen molar-refractivity contribution in [2.45, 2.75) is 19.9 Å². The van der Waals surface area contributed by atoms with Gasteiger partial charge in [0.25, 0.3) is 0 Å². The van der Waals surface area contributed by atoms with Crippen molar-refractivity contribution in [1.82, 2.24) is 14.9 Å². The van der Waals surface area contributed by atoms with Crippen molar-refractivity contribution in [2.24, 2.45) is 0 Å². The molecule has 0 aromatic carbocycles. The first-order chi connectivity index (χ1) is 9.06. The highest BCUT2D eigenvalue weighted by atomic mass is 32.1. The molecular weight excluding hydrogens is 256 g/mol. The van der Waals surface area contributed by atoms with Crippen LogP contribution in [0.25, 0.3) is 0 Å². The standard InChI is InChI=1S/C14H20N4S/c1-10-8-11(2)17-14(16-10)15-9-12(18(3)4)13-6-5-7-19-13/h5-8,12H,9H2,1-4H3,(H,15,16,17)/t12-/m1/s1. The third-order valence-electron chi connectivity index (χ3n) is 2.93. The van der Waals surface area contributed by atoms with E-state index in [1.54, 1.807) is 11.3 Å². The smallest absolute Gasteiger partial charge is 0.223 e. The summed E-state index contributed by atoms with van der Waals surface area (Å²) in [6, 6.07) is 6.57. The van der Waals surface area contributed by atoms with Crippen molar-refractivity contribution in [3.8, 4) is 0 Å². The molecule has 0 amide bonds. The van der Waals surface area contributed by atoms with Crippen LogP contribution in [-0.4, -0.2) is 35.5 Å². The van der Waals surface area contributed by atoms with Gasteiger partial charge in [-0.3, -0.25) is 0 Å². The van der Waals surface area contributed by atoms with Crippen molar-refractivity contribution in [3.05, 3.63) is 39.8 Å². The van der Waals surface area contributed by atoms with Gasteiger partial charge in [0, 0.05) is 22.8 Å². The van der Waals surface area contributed by atoms with Crippen LogP contribution in [0.1, 0.15) is 22.3 Å². The fraction of sp³-hybridized carbons (Fsp3) is 0.429. The van der Waals surface area contributed by atoms with Gasteiger partial charge in [0.05, 0.1) is 6.04 Å². The van der Waals surface area contributed by atoms with Crippen LogP contribution >= 0.6 is 11.3 Å². The lowest BCUT2D eigenvalue weighted by atomic mass is 10.2. The first kappa shape index (κ1) is 14.0. The summed E-state index contributed by atoms with van der Waals surface area (Å²) in [5.41, 5.74) is 1.99. The predicted octanol–water partition coefficient (Wildman–Crippen LogP) is 2.87. The summed E-state index contributed by atoms with van der Waals surface area (Å²) in [5.74, 6) is 0.709. The van der Waals surface area contributed by atoms with Crippen molar-refractivity contribution in [2.75, 3.05) is 26.0 Å². The van der Waals surface area contributed by atoms with E-state index in [0.29, 0.717) is 12.0 Å². The lowest BCUT2D eigenvalue weighted by Crippen LogP contribution is -2.26. The predicted molar refractivity (Wildman–Crippen MR) is 80.7 cm³/mol. The molecule has 1 N–H and O–H groups in total. The Morgan fingerprint density at radius 2 is 1.95 bits per heavy atom. The van der Waals surface area contributed by atoms with Crippen LogP contribution in [0.4, 0.5) is 5.95 Å². The van der Waals surface area contributed by atoms with E-state index in [-0.39, 0.29) is 0 Å². The Kier molecular flexibility index (Phi) is 4.50. The lowest BCUT2D eigenvalue weighted by Gasteiger charge is -2.23. The van der Waals surface area contributed by atoms with E-state index < -0.39 is 0 Å². The minimum Gasteiger partial charge on any atom is -0.352 e. The van der Waals surface area contributed by atoms with Crippen molar-refractivity contribution in [1.29, 1.82) is 0 Å². The summed E-state index contributed by atoms with van der Waals surface area (Å²) in [6.45, 7) is 4.78. The highest BCUT2D eigenvalue weighted by Crippen LogP contribution is 2.23. The minimum atomic E-state index is 0.337. The van der Waals surface area contributed by atoms with Gasteiger partial charge < -0.3 is 10.2 Å². The minimum absolute atomic E-state index is 0.337. The van der Waals surface area contributed by atoms with Crippen LogP contribution in [0.5, 0.6) is 0 Å². The molecule has 2 aromatic heterocycles. The summed E-state index contributed by atoms with van der Waals surface area (Å²) >= 11 is 1.78. The largest absolute Gasteiger partial charge is 0.352 e. The Hall–Kier alpha value is -1.46. The second-order valence-corrected chi connectivity index (χ2v) is 5.83.